The summed E-state index contributed by atoms with van der Waals surface area (Å²) < 4.78 is 2.15. The van der Waals surface area contributed by atoms with Gasteiger partial charge in [0.25, 0.3) is 0 Å². The number of hydrogen-bond donors (Lipinski definition) is 0. The van der Waals surface area contributed by atoms with Gasteiger partial charge in [0.2, 0.25) is 0 Å². The van der Waals surface area contributed by atoms with E-state index in [4.69, 9.17) is 15.0 Å². The Kier molecular flexibility index (Phi) is 6.43. The van der Waals surface area contributed by atoms with Crippen molar-refractivity contribution < 1.29 is 0 Å². The van der Waals surface area contributed by atoms with Gasteiger partial charge in [0.15, 0.2) is 0 Å². The number of para-hydroxylation sites is 1. The maximum absolute atomic E-state index is 5.21. The lowest BCUT2D eigenvalue weighted by atomic mass is 9.95. The summed E-state index contributed by atoms with van der Waals surface area (Å²) in [6.07, 6.45) is 2.07. The van der Waals surface area contributed by atoms with Gasteiger partial charge in [0.1, 0.15) is 11.2 Å². The van der Waals surface area contributed by atoms with Gasteiger partial charge in [-0.3, -0.25) is 4.40 Å². The van der Waals surface area contributed by atoms with E-state index < -0.39 is 0 Å². The minimum absolute atomic E-state index is 0.910. The fraction of sp³-hybridized carbons (Fsp3) is 0. The molecule has 0 fully saturated rings. The van der Waals surface area contributed by atoms with Crippen molar-refractivity contribution in [2.75, 3.05) is 0 Å². The molecule has 5 aromatic carbocycles. The number of imidazole rings is 1. The highest BCUT2D eigenvalue weighted by atomic mass is 15.0. The molecule has 4 heterocycles. The fourth-order valence-corrected chi connectivity index (χ4v) is 6.49. The summed E-state index contributed by atoms with van der Waals surface area (Å²) in [6.45, 7) is 0. The van der Waals surface area contributed by atoms with Crippen molar-refractivity contribution >= 4 is 27.6 Å². The first-order chi connectivity index (χ1) is 23.3. The summed E-state index contributed by atoms with van der Waals surface area (Å²) in [7, 11) is 0. The van der Waals surface area contributed by atoms with E-state index in [1.807, 2.05) is 36.4 Å². The third-order valence-corrected chi connectivity index (χ3v) is 8.78. The van der Waals surface area contributed by atoms with Crippen LogP contribution in [0.4, 0.5) is 0 Å². The van der Waals surface area contributed by atoms with E-state index in [9.17, 15) is 0 Å². The van der Waals surface area contributed by atoms with Gasteiger partial charge < -0.3 is 0 Å². The molecule has 47 heavy (non-hydrogen) atoms. The molecule has 9 aromatic rings. The number of fused-ring (bicyclic) bond motifs is 5. The molecule has 0 aliphatic carbocycles. The third kappa shape index (κ3) is 4.84. The molecule has 0 amide bonds. The van der Waals surface area contributed by atoms with Gasteiger partial charge in [-0.2, -0.15) is 0 Å². The highest BCUT2D eigenvalue weighted by molar-refractivity contribution is 6.09. The highest BCUT2D eigenvalue weighted by Gasteiger charge is 2.17. The number of rotatable bonds is 5. The van der Waals surface area contributed by atoms with E-state index >= 15 is 0 Å². The molecule has 0 saturated heterocycles. The van der Waals surface area contributed by atoms with Crippen LogP contribution in [0.25, 0.3) is 83.6 Å². The van der Waals surface area contributed by atoms with E-state index in [1.54, 1.807) is 0 Å². The predicted molar refractivity (Wildman–Crippen MR) is 193 cm³/mol. The number of hydrogen-bond acceptors (Lipinski definition) is 3. The summed E-state index contributed by atoms with van der Waals surface area (Å²) in [6, 6.07) is 57.0. The predicted octanol–water partition coefficient (Wildman–Crippen LogP) is 10.8. The van der Waals surface area contributed by atoms with E-state index in [1.165, 1.54) is 0 Å². The van der Waals surface area contributed by atoms with Crippen molar-refractivity contribution in [1.82, 2.24) is 19.4 Å². The monoisotopic (exact) mass is 600 g/mol. The molecule has 0 aliphatic rings. The zero-order valence-corrected chi connectivity index (χ0v) is 25.5. The van der Waals surface area contributed by atoms with Crippen LogP contribution in [0.3, 0.4) is 0 Å². The first kappa shape index (κ1) is 27.0. The standard InChI is InChI=1S/C43H28N4/c1-3-13-29(14-4-1)38-27-35(28-39(44-38)30-15-5-2-6-16-30)33-19-11-17-31(25-33)32-18-12-20-34(26-32)41-43-42(36-21-7-8-22-37(36)45-41)46-40-23-9-10-24-47(40)43/h1-28H. The second kappa shape index (κ2) is 11.2. The summed E-state index contributed by atoms with van der Waals surface area (Å²) in [4.78, 5) is 15.3. The number of aromatic nitrogens is 4. The maximum Gasteiger partial charge on any atom is 0.137 e. The van der Waals surface area contributed by atoms with Crippen LogP contribution in [0.15, 0.2) is 170 Å². The summed E-state index contributed by atoms with van der Waals surface area (Å²) in [5.41, 5.74) is 14.4. The van der Waals surface area contributed by atoms with Gasteiger partial charge in [0.05, 0.1) is 28.1 Å². The van der Waals surface area contributed by atoms with Gasteiger partial charge in [-0.25, -0.2) is 15.0 Å². The lowest BCUT2D eigenvalue weighted by Crippen LogP contribution is -1.93. The van der Waals surface area contributed by atoms with Crippen molar-refractivity contribution in [3.05, 3.63) is 170 Å². The Labute approximate surface area is 272 Å². The van der Waals surface area contributed by atoms with Crippen LogP contribution in [-0.2, 0) is 0 Å². The molecule has 0 saturated carbocycles. The Hall–Kier alpha value is -6.39. The van der Waals surface area contributed by atoms with Crippen molar-refractivity contribution in [2.24, 2.45) is 0 Å². The lowest BCUT2D eigenvalue weighted by Gasteiger charge is -2.12. The Balaban J connectivity index is 1.18. The summed E-state index contributed by atoms with van der Waals surface area (Å²) >= 11 is 0. The molecule has 0 unspecified atom stereocenters. The summed E-state index contributed by atoms with van der Waals surface area (Å²) in [5, 5.41) is 1.06. The third-order valence-electron chi connectivity index (χ3n) is 8.78. The zero-order valence-electron chi connectivity index (χ0n) is 25.5. The number of nitrogens with zero attached hydrogens (tertiary/aromatic N) is 4. The Bertz CT molecular complexity index is 2510. The lowest BCUT2D eigenvalue weighted by molar-refractivity contribution is 1.22. The molecular formula is C43H28N4. The normalized spacial score (nSPS) is 11.4. The van der Waals surface area contributed by atoms with E-state index in [0.29, 0.717) is 0 Å². The van der Waals surface area contributed by atoms with Crippen LogP contribution in [-0.4, -0.2) is 19.4 Å². The molecule has 4 aromatic heterocycles. The zero-order chi connectivity index (χ0) is 31.2. The SMILES string of the molecule is c1ccc(-c2cc(-c3cccc(-c4cccc(-c5nc6ccccc6c6nc7ccccn7c56)c4)c3)cc(-c3ccccc3)n2)cc1. The minimum atomic E-state index is 0.910. The number of pyridine rings is 3. The van der Waals surface area contributed by atoms with Crippen LogP contribution in [0.1, 0.15) is 0 Å². The van der Waals surface area contributed by atoms with Crippen molar-refractivity contribution in [3.8, 4) is 56.0 Å². The van der Waals surface area contributed by atoms with Gasteiger partial charge in [-0.15, -0.1) is 0 Å². The van der Waals surface area contributed by atoms with Crippen molar-refractivity contribution in [2.45, 2.75) is 0 Å². The van der Waals surface area contributed by atoms with Crippen LogP contribution in [0, 0.1) is 0 Å². The second-order valence-corrected chi connectivity index (χ2v) is 11.7. The molecule has 0 bridgehead atoms. The molecule has 0 atom stereocenters. The molecule has 4 heteroatoms. The Morgan fingerprint density at radius 1 is 0.383 bits per heavy atom. The second-order valence-electron chi connectivity index (χ2n) is 11.7. The average Bonchev–Trinajstić information content (AvgIpc) is 3.55. The molecule has 0 aliphatic heterocycles. The highest BCUT2D eigenvalue weighted by Crippen LogP contribution is 2.36. The number of benzene rings is 5. The van der Waals surface area contributed by atoms with Crippen LogP contribution < -0.4 is 0 Å². The Morgan fingerprint density at radius 2 is 0.936 bits per heavy atom. The fourth-order valence-electron chi connectivity index (χ4n) is 6.49. The topological polar surface area (TPSA) is 43.1 Å². The van der Waals surface area contributed by atoms with Crippen molar-refractivity contribution in [3.63, 3.8) is 0 Å². The van der Waals surface area contributed by atoms with Gasteiger partial charge in [-0.05, 0) is 64.7 Å². The molecule has 4 nitrogen and oxygen atoms in total. The molecule has 9 rings (SSSR count). The molecule has 0 radical (unpaired) electrons. The molecular weight excluding hydrogens is 573 g/mol. The molecule has 220 valence electrons. The van der Waals surface area contributed by atoms with Crippen LogP contribution in [0.5, 0.6) is 0 Å². The summed E-state index contributed by atoms with van der Waals surface area (Å²) in [5.74, 6) is 0. The molecule has 0 spiro atoms. The van der Waals surface area contributed by atoms with E-state index in [0.717, 1.165) is 83.6 Å². The van der Waals surface area contributed by atoms with Gasteiger partial charge in [-0.1, -0.05) is 121 Å². The van der Waals surface area contributed by atoms with Crippen LogP contribution in [0.2, 0.25) is 0 Å². The maximum atomic E-state index is 5.21. The Morgan fingerprint density at radius 3 is 1.64 bits per heavy atom. The van der Waals surface area contributed by atoms with Crippen LogP contribution >= 0.6 is 0 Å². The average molecular weight is 601 g/mol. The quantitative estimate of drug-likeness (QED) is 0.197. The van der Waals surface area contributed by atoms with Crippen molar-refractivity contribution in [1.29, 1.82) is 0 Å². The largest absolute Gasteiger partial charge is 0.298 e. The van der Waals surface area contributed by atoms with Gasteiger partial charge in [0, 0.05) is 28.3 Å². The smallest absolute Gasteiger partial charge is 0.137 e. The minimum Gasteiger partial charge on any atom is -0.298 e. The van der Waals surface area contributed by atoms with E-state index in [-0.39, 0.29) is 0 Å². The first-order valence-electron chi connectivity index (χ1n) is 15.8. The molecule has 0 N–H and O–H groups in total. The van der Waals surface area contributed by atoms with E-state index in [2.05, 4.69) is 138 Å². The first-order valence-corrected chi connectivity index (χ1v) is 15.8. The van der Waals surface area contributed by atoms with Gasteiger partial charge >= 0.3 is 0 Å².